The Morgan fingerprint density at radius 2 is 1.82 bits per heavy atom. The molecule has 2 aromatic carbocycles. The lowest BCUT2D eigenvalue weighted by molar-refractivity contribution is 0.354. The minimum absolute atomic E-state index is 0.111. The normalized spacial score (nSPS) is 11.4. The fraction of sp³-hybridized carbons (Fsp3) is 0.222. The highest BCUT2D eigenvalue weighted by Crippen LogP contribution is 2.29. The van der Waals surface area contributed by atoms with Crippen molar-refractivity contribution in [3.8, 4) is 22.9 Å². The van der Waals surface area contributed by atoms with Crippen LogP contribution in [0.5, 0.6) is 11.5 Å². The summed E-state index contributed by atoms with van der Waals surface area (Å²) in [5.41, 5.74) is 0.941. The number of nitrogens with zero attached hydrogens (tertiary/aromatic N) is 2. The van der Waals surface area contributed by atoms with E-state index in [9.17, 15) is 8.42 Å². The van der Waals surface area contributed by atoms with Gasteiger partial charge in [0, 0.05) is 23.9 Å². The average molecular weight is 421 g/mol. The number of aromatic nitrogens is 3. The Kier molecular flexibility index (Phi) is 6.55. The number of benzene rings is 2. The van der Waals surface area contributed by atoms with E-state index in [4.69, 9.17) is 9.47 Å². The molecule has 3 aromatic rings. The third kappa shape index (κ3) is 4.83. The van der Waals surface area contributed by atoms with Crippen LogP contribution < -0.4 is 14.2 Å². The van der Waals surface area contributed by atoms with Gasteiger partial charge in [-0.05, 0) is 12.1 Å². The summed E-state index contributed by atoms with van der Waals surface area (Å²) in [5, 5.41) is 7.59. The minimum Gasteiger partial charge on any atom is -0.493 e. The van der Waals surface area contributed by atoms with Crippen molar-refractivity contribution in [1.29, 1.82) is 0 Å². The fourth-order valence-electron chi connectivity index (χ4n) is 2.42. The van der Waals surface area contributed by atoms with Gasteiger partial charge in [-0.15, -0.1) is 5.10 Å². The maximum absolute atomic E-state index is 12.4. The third-order valence-corrected chi connectivity index (χ3v) is 6.11. The smallest absolute Gasteiger partial charge is 0.240 e. The Labute approximate surface area is 167 Å². The number of thioether (sulfide) groups is 1. The van der Waals surface area contributed by atoms with Crippen molar-refractivity contribution < 1.29 is 17.9 Å². The first kappa shape index (κ1) is 20.2. The average Bonchev–Trinajstić information content (AvgIpc) is 3.20. The number of aromatic amines is 1. The minimum atomic E-state index is -3.66. The van der Waals surface area contributed by atoms with Gasteiger partial charge in [0.25, 0.3) is 0 Å². The number of hydrogen-bond acceptors (Lipinski definition) is 7. The van der Waals surface area contributed by atoms with Gasteiger partial charge in [-0.25, -0.2) is 18.1 Å². The number of nitrogens with one attached hydrogen (secondary N) is 2. The lowest BCUT2D eigenvalue weighted by Gasteiger charge is -2.10. The van der Waals surface area contributed by atoms with Crippen LogP contribution in [0.3, 0.4) is 0 Å². The highest BCUT2D eigenvalue weighted by atomic mass is 32.2. The molecule has 0 amide bonds. The molecular weight excluding hydrogens is 400 g/mol. The molecule has 0 fully saturated rings. The Bertz CT molecular complexity index is 1020. The summed E-state index contributed by atoms with van der Waals surface area (Å²) in [6, 6.07) is 14.1. The van der Waals surface area contributed by atoms with Crippen molar-refractivity contribution in [2.45, 2.75) is 10.1 Å². The first-order valence-electron chi connectivity index (χ1n) is 8.36. The summed E-state index contributed by atoms with van der Waals surface area (Å²) in [4.78, 5) is 4.51. The summed E-state index contributed by atoms with van der Waals surface area (Å²) in [6.45, 7) is 0.233. The van der Waals surface area contributed by atoms with Gasteiger partial charge in [0.2, 0.25) is 15.2 Å². The van der Waals surface area contributed by atoms with Crippen molar-refractivity contribution in [2.75, 3.05) is 26.5 Å². The lowest BCUT2D eigenvalue weighted by Crippen LogP contribution is -2.26. The number of H-pyrrole nitrogens is 1. The molecule has 3 rings (SSSR count). The van der Waals surface area contributed by atoms with Crippen molar-refractivity contribution >= 4 is 21.8 Å². The summed E-state index contributed by atoms with van der Waals surface area (Å²) in [5.74, 6) is 1.98. The number of rotatable bonds is 9. The SMILES string of the molecule is COc1ccc(S(=O)(=O)NCCSc2n[nH]c(-c3ccccc3)n2)cc1OC. The van der Waals surface area contributed by atoms with Crippen LogP contribution in [-0.4, -0.2) is 50.1 Å². The van der Waals surface area contributed by atoms with Crippen LogP contribution in [-0.2, 0) is 10.0 Å². The van der Waals surface area contributed by atoms with Gasteiger partial charge in [0.15, 0.2) is 17.3 Å². The number of methoxy groups -OCH3 is 2. The maximum Gasteiger partial charge on any atom is 0.240 e. The first-order valence-corrected chi connectivity index (χ1v) is 10.8. The van der Waals surface area contributed by atoms with Gasteiger partial charge in [0.05, 0.1) is 19.1 Å². The van der Waals surface area contributed by atoms with Gasteiger partial charge in [0.1, 0.15) is 0 Å². The van der Waals surface area contributed by atoms with Crippen molar-refractivity contribution in [3.63, 3.8) is 0 Å². The molecule has 148 valence electrons. The molecule has 0 saturated carbocycles. The second kappa shape index (κ2) is 9.09. The molecule has 1 aromatic heterocycles. The second-order valence-electron chi connectivity index (χ2n) is 5.60. The number of ether oxygens (including phenoxy) is 2. The Morgan fingerprint density at radius 1 is 1.07 bits per heavy atom. The number of hydrogen-bond donors (Lipinski definition) is 2. The molecule has 10 heteroatoms. The van der Waals surface area contributed by atoms with Crippen LogP contribution in [0.25, 0.3) is 11.4 Å². The monoisotopic (exact) mass is 420 g/mol. The lowest BCUT2D eigenvalue weighted by atomic mass is 10.2. The van der Waals surface area contributed by atoms with Crippen LogP contribution in [0.15, 0.2) is 58.6 Å². The van der Waals surface area contributed by atoms with Crippen LogP contribution >= 0.6 is 11.8 Å². The molecule has 28 heavy (non-hydrogen) atoms. The predicted molar refractivity (Wildman–Crippen MR) is 107 cm³/mol. The van der Waals surface area contributed by atoms with E-state index in [2.05, 4.69) is 19.9 Å². The quantitative estimate of drug-likeness (QED) is 0.405. The Hall–Kier alpha value is -2.56. The molecule has 1 heterocycles. The van der Waals surface area contributed by atoms with E-state index < -0.39 is 10.0 Å². The van der Waals surface area contributed by atoms with Crippen molar-refractivity contribution in [3.05, 3.63) is 48.5 Å². The van der Waals surface area contributed by atoms with Crippen LogP contribution in [0.4, 0.5) is 0 Å². The van der Waals surface area contributed by atoms with Crippen LogP contribution in [0.1, 0.15) is 0 Å². The summed E-state index contributed by atoms with van der Waals surface area (Å²) in [7, 11) is -0.706. The summed E-state index contributed by atoms with van der Waals surface area (Å²) in [6.07, 6.45) is 0. The molecule has 0 saturated heterocycles. The Balaban J connectivity index is 1.55. The molecule has 0 unspecified atom stereocenters. The number of sulfonamides is 1. The van der Waals surface area contributed by atoms with E-state index in [1.807, 2.05) is 30.3 Å². The zero-order chi connectivity index (χ0) is 20.0. The van der Waals surface area contributed by atoms with Gasteiger partial charge >= 0.3 is 0 Å². The molecular formula is C18H20N4O4S2. The molecule has 0 radical (unpaired) electrons. The molecule has 0 aliphatic rings. The molecule has 0 aliphatic heterocycles. The Morgan fingerprint density at radius 3 is 2.54 bits per heavy atom. The second-order valence-corrected chi connectivity index (χ2v) is 8.42. The fourth-order valence-corrected chi connectivity index (χ4v) is 4.25. The molecule has 0 spiro atoms. The molecule has 8 nitrogen and oxygen atoms in total. The van der Waals surface area contributed by atoms with Gasteiger partial charge in [-0.1, -0.05) is 42.1 Å². The zero-order valence-electron chi connectivity index (χ0n) is 15.4. The van der Waals surface area contributed by atoms with Gasteiger partial charge in [-0.3, -0.25) is 5.10 Å². The van der Waals surface area contributed by atoms with E-state index in [0.29, 0.717) is 28.2 Å². The van der Waals surface area contributed by atoms with E-state index in [1.54, 1.807) is 6.07 Å². The summed E-state index contributed by atoms with van der Waals surface area (Å²) >= 11 is 1.36. The molecule has 2 N–H and O–H groups in total. The van der Waals surface area contributed by atoms with Gasteiger partial charge in [-0.2, -0.15) is 0 Å². The topological polar surface area (TPSA) is 106 Å². The summed E-state index contributed by atoms with van der Waals surface area (Å²) < 4.78 is 37.7. The third-order valence-electron chi connectivity index (χ3n) is 3.80. The first-order chi connectivity index (χ1) is 13.5. The van der Waals surface area contributed by atoms with Gasteiger partial charge < -0.3 is 9.47 Å². The largest absolute Gasteiger partial charge is 0.493 e. The zero-order valence-corrected chi connectivity index (χ0v) is 17.0. The maximum atomic E-state index is 12.4. The molecule has 0 bridgehead atoms. The van der Waals surface area contributed by atoms with E-state index in [0.717, 1.165) is 5.56 Å². The van der Waals surface area contributed by atoms with E-state index in [1.165, 1.54) is 38.1 Å². The van der Waals surface area contributed by atoms with E-state index in [-0.39, 0.29) is 11.4 Å². The highest BCUT2D eigenvalue weighted by Gasteiger charge is 2.16. The molecule has 0 atom stereocenters. The van der Waals surface area contributed by atoms with E-state index >= 15 is 0 Å². The predicted octanol–water partition coefficient (Wildman–Crippen LogP) is 2.56. The highest BCUT2D eigenvalue weighted by molar-refractivity contribution is 7.99. The standard InChI is InChI=1S/C18H20N4O4S2/c1-25-15-9-8-14(12-16(15)26-2)28(23,24)19-10-11-27-18-20-17(21-22-18)13-6-4-3-5-7-13/h3-9,12,19H,10-11H2,1-2H3,(H,20,21,22). The molecule has 0 aliphatic carbocycles. The van der Waals surface area contributed by atoms with Crippen molar-refractivity contribution in [1.82, 2.24) is 19.9 Å². The van der Waals surface area contributed by atoms with Crippen LogP contribution in [0.2, 0.25) is 0 Å². The van der Waals surface area contributed by atoms with Crippen molar-refractivity contribution in [2.24, 2.45) is 0 Å². The van der Waals surface area contributed by atoms with Crippen LogP contribution in [0, 0.1) is 0 Å².